The van der Waals surface area contributed by atoms with Crippen LogP contribution in [0, 0.1) is 5.92 Å². The van der Waals surface area contributed by atoms with Crippen molar-refractivity contribution in [1.29, 1.82) is 0 Å². The molecule has 0 aliphatic carbocycles. The highest BCUT2D eigenvalue weighted by Gasteiger charge is 2.27. The molecule has 0 aromatic heterocycles. The fourth-order valence-corrected chi connectivity index (χ4v) is 2.45. The van der Waals surface area contributed by atoms with Crippen LogP contribution in [0.1, 0.15) is 46.5 Å². The summed E-state index contributed by atoms with van der Waals surface area (Å²) in [5.41, 5.74) is 5.05. The Morgan fingerprint density at radius 2 is 2.15 bits per heavy atom. The molecule has 1 heterocycles. The normalized spacial score (nSPS) is 20.0. The van der Waals surface area contributed by atoms with Gasteiger partial charge in [-0.05, 0) is 72.0 Å². The molecule has 20 heavy (non-hydrogen) atoms. The second kappa shape index (κ2) is 8.47. The third-order valence-corrected chi connectivity index (χ3v) is 3.46. The van der Waals surface area contributed by atoms with Gasteiger partial charge in [-0.1, -0.05) is 0 Å². The van der Waals surface area contributed by atoms with Crippen LogP contribution in [0.25, 0.3) is 0 Å². The molecular formula is C15H31N3O2. The summed E-state index contributed by atoms with van der Waals surface area (Å²) in [5, 5.41) is 3.40. The summed E-state index contributed by atoms with van der Waals surface area (Å²) in [6.45, 7) is 10.1. The molecule has 1 unspecified atom stereocenters. The van der Waals surface area contributed by atoms with Crippen molar-refractivity contribution in [3.05, 3.63) is 0 Å². The van der Waals surface area contributed by atoms with Gasteiger partial charge in [-0.2, -0.15) is 0 Å². The topological polar surface area (TPSA) is 67.6 Å². The van der Waals surface area contributed by atoms with Gasteiger partial charge in [-0.3, -0.25) is 0 Å². The molecule has 1 aliphatic rings. The van der Waals surface area contributed by atoms with Crippen LogP contribution in [-0.4, -0.2) is 49.3 Å². The van der Waals surface area contributed by atoms with Crippen LogP contribution >= 0.6 is 0 Å². The Kier molecular flexibility index (Phi) is 7.30. The zero-order chi connectivity index (χ0) is 15.0. The number of hydrogen-bond acceptors (Lipinski definition) is 4. The summed E-state index contributed by atoms with van der Waals surface area (Å²) in [7, 11) is 0. The first kappa shape index (κ1) is 17.2. The lowest BCUT2D eigenvalue weighted by Gasteiger charge is -2.34. The van der Waals surface area contributed by atoms with Crippen molar-refractivity contribution in [3.63, 3.8) is 0 Å². The van der Waals surface area contributed by atoms with Gasteiger partial charge >= 0.3 is 6.09 Å². The number of carbonyl (C=O) groups excluding carboxylic acids is 1. The van der Waals surface area contributed by atoms with Crippen molar-refractivity contribution in [3.8, 4) is 0 Å². The molecule has 0 bridgehead atoms. The molecule has 118 valence electrons. The van der Waals surface area contributed by atoms with Crippen molar-refractivity contribution in [2.24, 2.45) is 11.7 Å². The maximum Gasteiger partial charge on any atom is 0.410 e. The summed E-state index contributed by atoms with van der Waals surface area (Å²) in [6.07, 6.45) is 4.25. The van der Waals surface area contributed by atoms with Gasteiger partial charge in [0.25, 0.3) is 0 Å². The van der Waals surface area contributed by atoms with E-state index in [9.17, 15) is 4.79 Å². The van der Waals surface area contributed by atoms with E-state index >= 15 is 0 Å². The maximum atomic E-state index is 12.0. The maximum absolute atomic E-state index is 12.0. The van der Waals surface area contributed by atoms with Gasteiger partial charge in [0.2, 0.25) is 0 Å². The lowest BCUT2D eigenvalue weighted by Crippen LogP contribution is -2.43. The van der Waals surface area contributed by atoms with Gasteiger partial charge < -0.3 is 20.7 Å². The van der Waals surface area contributed by atoms with Gasteiger partial charge in [-0.15, -0.1) is 0 Å². The molecule has 0 aromatic carbocycles. The third kappa shape index (κ3) is 7.10. The van der Waals surface area contributed by atoms with E-state index < -0.39 is 5.60 Å². The van der Waals surface area contributed by atoms with Crippen LogP contribution in [0.3, 0.4) is 0 Å². The van der Waals surface area contributed by atoms with Crippen molar-refractivity contribution in [2.45, 2.75) is 52.1 Å². The van der Waals surface area contributed by atoms with Crippen LogP contribution in [0.5, 0.6) is 0 Å². The standard InChI is InChI=1S/C15H31N3O2/c1-15(2,3)20-14(19)18-11-4-6-13(12-18)7-10-17-9-5-8-16/h13,17H,4-12,16H2,1-3H3. The Labute approximate surface area is 123 Å². The van der Waals surface area contributed by atoms with E-state index in [-0.39, 0.29) is 6.09 Å². The molecule has 1 atom stereocenters. The minimum Gasteiger partial charge on any atom is -0.444 e. The summed E-state index contributed by atoms with van der Waals surface area (Å²) in [5.74, 6) is 0.585. The number of nitrogens with one attached hydrogen (secondary N) is 1. The van der Waals surface area contributed by atoms with E-state index in [4.69, 9.17) is 10.5 Å². The molecule has 0 radical (unpaired) electrons. The average Bonchev–Trinajstić information content (AvgIpc) is 2.37. The lowest BCUT2D eigenvalue weighted by molar-refractivity contribution is 0.0162. The number of amides is 1. The molecule has 0 saturated carbocycles. The highest BCUT2D eigenvalue weighted by atomic mass is 16.6. The predicted molar refractivity (Wildman–Crippen MR) is 81.7 cm³/mol. The number of ether oxygens (including phenoxy) is 1. The summed E-state index contributed by atoms with van der Waals surface area (Å²) >= 11 is 0. The quantitative estimate of drug-likeness (QED) is 0.732. The molecule has 5 heteroatoms. The minimum absolute atomic E-state index is 0.168. The monoisotopic (exact) mass is 285 g/mol. The van der Waals surface area contributed by atoms with Gasteiger partial charge in [0.05, 0.1) is 0 Å². The highest BCUT2D eigenvalue weighted by molar-refractivity contribution is 5.68. The molecular weight excluding hydrogens is 254 g/mol. The molecule has 1 rings (SSSR count). The number of nitrogens with two attached hydrogens (primary N) is 1. The summed E-state index contributed by atoms with van der Waals surface area (Å²) in [6, 6.07) is 0. The molecule has 1 fully saturated rings. The van der Waals surface area contributed by atoms with Crippen molar-refractivity contribution < 1.29 is 9.53 Å². The van der Waals surface area contributed by atoms with E-state index in [1.54, 1.807) is 0 Å². The van der Waals surface area contributed by atoms with Crippen molar-refractivity contribution in [2.75, 3.05) is 32.7 Å². The average molecular weight is 285 g/mol. The number of hydrogen-bond donors (Lipinski definition) is 2. The second-order valence-electron chi connectivity index (χ2n) is 6.62. The molecule has 0 aromatic rings. The van der Waals surface area contributed by atoms with Crippen LogP contribution in [0.15, 0.2) is 0 Å². The van der Waals surface area contributed by atoms with E-state index in [2.05, 4.69) is 5.32 Å². The fourth-order valence-electron chi connectivity index (χ4n) is 2.45. The molecule has 5 nitrogen and oxygen atoms in total. The van der Waals surface area contributed by atoms with E-state index in [1.165, 1.54) is 6.42 Å². The molecule has 1 aliphatic heterocycles. The zero-order valence-corrected chi connectivity index (χ0v) is 13.3. The summed E-state index contributed by atoms with van der Waals surface area (Å²) in [4.78, 5) is 13.9. The van der Waals surface area contributed by atoms with E-state index in [1.807, 2.05) is 25.7 Å². The number of piperidine rings is 1. The predicted octanol–water partition coefficient (Wildman–Crippen LogP) is 1.96. The van der Waals surface area contributed by atoms with Crippen LogP contribution in [-0.2, 0) is 4.74 Å². The largest absolute Gasteiger partial charge is 0.444 e. The van der Waals surface area contributed by atoms with Crippen molar-refractivity contribution in [1.82, 2.24) is 10.2 Å². The number of likely N-dealkylation sites (tertiary alicyclic amines) is 1. The highest BCUT2D eigenvalue weighted by Crippen LogP contribution is 2.21. The first-order valence-electron chi connectivity index (χ1n) is 7.81. The van der Waals surface area contributed by atoms with Gasteiger partial charge in [0, 0.05) is 13.1 Å². The van der Waals surface area contributed by atoms with E-state index in [0.29, 0.717) is 5.92 Å². The van der Waals surface area contributed by atoms with Gasteiger partial charge in [0.15, 0.2) is 0 Å². The Morgan fingerprint density at radius 1 is 1.40 bits per heavy atom. The Morgan fingerprint density at radius 3 is 2.80 bits per heavy atom. The summed E-state index contributed by atoms with van der Waals surface area (Å²) < 4.78 is 5.44. The Balaban J connectivity index is 2.26. The van der Waals surface area contributed by atoms with Crippen molar-refractivity contribution >= 4 is 6.09 Å². The first-order chi connectivity index (χ1) is 9.42. The third-order valence-electron chi connectivity index (χ3n) is 3.46. The first-order valence-corrected chi connectivity index (χ1v) is 7.81. The Bertz CT molecular complexity index is 289. The molecule has 3 N–H and O–H groups in total. The van der Waals surface area contributed by atoms with Crippen LogP contribution < -0.4 is 11.1 Å². The lowest BCUT2D eigenvalue weighted by atomic mass is 9.95. The van der Waals surface area contributed by atoms with Crippen LogP contribution in [0.2, 0.25) is 0 Å². The molecule has 1 amide bonds. The molecule has 1 saturated heterocycles. The minimum atomic E-state index is -0.409. The second-order valence-corrected chi connectivity index (χ2v) is 6.62. The number of nitrogens with zero attached hydrogens (tertiary/aromatic N) is 1. The smallest absolute Gasteiger partial charge is 0.410 e. The molecule has 0 spiro atoms. The van der Waals surface area contributed by atoms with Gasteiger partial charge in [0.1, 0.15) is 5.60 Å². The van der Waals surface area contributed by atoms with Gasteiger partial charge in [-0.25, -0.2) is 4.79 Å². The van der Waals surface area contributed by atoms with Crippen LogP contribution in [0.4, 0.5) is 4.79 Å². The number of rotatable bonds is 6. The fraction of sp³-hybridized carbons (Fsp3) is 0.933. The Hall–Kier alpha value is -0.810. The van der Waals surface area contributed by atoms with E-state index in [0.717, 1.165) is 52.0 Å². The SMILES string of the molecule is CC(C)(C)OC(=O)N1CCCC(CCNCCCN)C1. The number of carbonyl (C=O) groups is 1. The zero-order valence-electron chi connectivity index (χ0n) is 13.3.